The molecule has 0 aromatic carbocycles. The lowest BCUT2D eigenvalue weighted by Crippen LogP contribution is -2.16. The standard InChI is InChI=1S/C15H20O2/c1-10(2)6-5-7-11(3)13-9-14(16)12(4)8-15(13)17/h6,8-9,11H,5,7H2,1-4H3/t11-/m1/s1. The normalized spacial score (nSPS) is 17.4. The second kappa shape index (κ2) is 5.76. The summed E-state index contributed by atoms with van der Waals surface area (Å²) < 4.78 is 0. The number of allylic oxidation sites excluding steroid dienone is 6. The van der Waals surface area contributed by atoms with Gasteiger partial charge in [0.2, 0.25) is 0 Å². The maximum atomic E-state index is 11.8. The van der Waals surface area contributed by atoms with Crippen molar-refractivity contribution in [2.75, 3.05) is 0 Å². The Balaban J connectivity index is 2.67. The minimum Gasteiger partial charge on any atom is -0.290 e. The third-order valence-electron chi connectivity index (χ3n) is 2.99. The quantitative estimate of drug-likeness (QED) is 0.550. The lowest BCUT2D eigenvalue weighted by molar-refractivity contribution is -0.115. The highest BCUT2D eigenvalue weighted by Crippen LogP contribution is 2.22. The van der Waals surface area contributed by atoms with Crippen molar-refractivity contribution in [3.05, 3.63) is 34.9 Å². The van der Waals surface area contributed by atoms with E-state index in [-0.39, 0.29) is 17.5 Å². The fourth-order valence-corrected chi connectivity index (χ4v) is 1.84. The Morgan fingerprint density at radius 1 is 1.24 bits per heavy atom. The predicted molar refractivity (Wildman–Crippen MR) is 69.7 cm³/mol. The van der Waals surface area contributed by atoms with Gasteiger partial charge in [0.15, 0.2) is 11.6 Å². The fraction of sp³-hybridized carbons (Fsp3) is 0.467. The highest BCUT2D eigenvalue weighted by atomic mass is 16.1. The maximum Gasteiger partial charge on any atom is 0.182 e. The fourth-order valence-electron chi connectivity index (χ4n) is 1.84. The van der Waals surface area contributed by atoms with E-state index in [1.54, 1.807) is 6.92 Å². The smallest absolute Gasteiger partial charge is 0.182 e. The topological polar surface area (TPSA) is 34.1 Å². The van der Waals surface area contributed by atoms with E-state index in [1.807, 2.05) is 6.92 Å². The van der Waals surface area contributed by atoms with Gasteiger partial charge in [-0.15, -0.1) is 0 Å². The van der Waals surface area contributed by atoms with Crippen LogP contribution in [-0.2, 0) is 9.59 Å². The summed E-state index contributed by atoms with van der Waals surface area (Å²) in [5, 5.41) is 0. The molecule has 2 nitrogen and oxygen atoms in total. The summed E-state index contributed by atoms with van der Waals surface area (Å²) in [6.07, 6.45) is 6.97. The van der Waals surface area contributed by atoms with Crippen LogP contribution in [0.2, 0.25) is 0 Å². The average Bonchev–Trinajstić information content (AvgIpc) is 2.22. The molecule has 1 atom stereocenters. The van der Waals surface area contributed by atoms with E-state index < -0.39 is 0 Å². The number of ketones is 2. The van der Waals surface area contributed by atoms with Crippen LogP contribution in [0.3, 0.4) is 0 Å². The summed E-state index contributed by atoms with van der Waals surface area (Å²) >= 11 is 0. The Hall–Kier alpha value is -1.44. The van der Waals surface area contributed by atoms with E-state index in [0.29, 0.717) is 11.1 Å². The molecule has 0 fully saturated rings. The summed E-state index contributed by atoms with van der Waals surface area (Å²) in [6.45, 7) is 7.81. The molecule has 1 rings (SSSR count). The first-order valence-electron chi connectivity index (χ1n) is 6.03. The molecule has 0 spiro atoms. The monoisotopic (exact) mass is 232 g/mol. The summed E-state index contributed by atoms with van der Waals surface area (Å²) in [5.41, 5.74) is 2.48. The molecule has 17 heavy (non-hydrogen) atoms. The summed E-state index contributed by atoms with van der Waals surface area (Å²) in [6, 6.07) is 0. The lowest BCUT2D eigenvalue weighted by atomic mass is 9.87. The SMILES string of the molecule is CC(C)=CCC[C@@H](C)C1=CC(=O)C(C)=CC1=O. The van der Waals surface area contributed by atoms with Crippen molar-refractivity contribution >= 4 is 11.6 Å². The first-order valence-corrected chi connectivity index (χ1v) is 6.03. The Labute approximate surface area is 103 Å². The average molecular weight is 232 g/mol. The van der Waals surface area contributed by atoms with Gasteiger partial charge in [0, 0.05) is 11.1 Å². The lowest BCUT2D eigenvalue weighted by Gasteiger charge is -2.16. The van der Waals surface area contributed by atoms with Crippen molar-refractivity contribution in [2.45, 2.75) is 40.5 Å². The largest absolute Gasteiger partial charge is 0.290 e. The van der Waals surface area contributed by atoms with Gasteiger partial charge in [-0.05, 0) is 51.7 Å². The third-order valence-corrected chi connectivity index (χ3v) is 2.99. The highest BCUT2D eigenvalue weighted by molar-refractivity contribution is 6.19. The maximum absolute atomic E-state index is 11.8. The van der Waals surface area contributed by atoms with Crippen LogP contribution < -0.4 is 0 Å². The zero-order valence-corrected chi connectivity index (χ0v) is 11.0. The summed E-state index contributed by atoms with van der Waals surface area (Å²) in [7, 11) is 0. The van der Waals surface area contributed by atoms with Gasteiger partial charge < -0.3 is 0 Å². The Kier molecular flexibility index (Phi) is 4.62. The predicted octanol–water partition coefficient (Wildman–Crippen LogP) is 3.39. The van der Waals surface area contributed by atoms with Gasteiger partial charge >= 0.3 is 0 Å². The van der Waals surface area contributed by atoms with Gasteiger partial charge in [-0.3, -0.25) is 9.59 Å². The van der Waals surface area contributed by atoms with Crippen LogP contribution >= 0.6 is 0 Å². The highest BCUT2D eigenvalue weighted by Gasteiger charge is 2.21. The van der Waals surface area contributed by atoms with Crippen LogP contribution in [0, 0.1) is 5.92 Å². The van der Waals surface area contributed by atoms with Crippen molar-refractivity contribution in [2.24, 2.45) is 5.92 Å². The van der Waals surface area contributed by atoms with Crippen molar-refractivity contribution < 1.29 is 9.59 Å². The van der Waals surface area contributed by atoms with E-state index >= 15 is 0 Å². The molecule has 0 radical (unpaired) electrons. The van der Waals surface area contributed by atoms with E-state index in [0.717, 1.165) is 12.8 Å². The Bertz CT molecular complexity index is 418. The van der Waals surface area contributed by atoms with Crippen LogP contribution in [0.25, 0.3) is 0 Å². The van der Waals surface area contributed by atoms with E-state index in [1.165, 1.54) is 17.7 Å². The van der Waals surface area contributed by atoms with Crippen molar-refractivity contribution in [1.82, 2.24) is 0 Å². The summed E-state index contributed by atoms with van der Waals surface area (Å²) in [5.74, 6) is 0.104. The third kappa shape index (κ3) is 3.81. The molecule has 0 saturated carbocycles. The van der Waals surface area contributed by atoms with Gasteiger partial charge in [0.05, 0.1) is 0 Å². The molecular formula is C15H20O2. The molecule has 92 valence electrons. The van der Waals surface area contributed by atoms with Crippen LogP contribution in [0.5, 0.6) is 0 Å². The number of hydrogen-bond acceptors (Lipinski definition) is 2. The molecule has 0 N–H and O–H groups in total. The second-order valence-corrected chi connectivity index (χ2v) is 4.92. The van der Waals surface area contributed by atoms with Crippen molar-refractivity contribution in [3.8, 4) is 0 Å². The minimum atomic E-state index is -0.0336. The van der Waals surface area contributed by atoms with E-state index in [9.17, 15) is 9.59 Å². The molecule has 0 saturated heterocycles. The number of rotatable bonds is 4. The minimum absolute atomic E-state index is 0.00759. The number of carbonyl (C=O) groups excluding carboxylic acids is 2. The molecule has 0 aromatic heterocycles. The van der Waals surface area contributed by atoms with Crippen LogP contribution in [0.1, 0.15) is 40.5 Å². The first-order chi connectivity index (χ1) is 7.91. The Morgan fingerprint density at radius 2 is 1.88 bits per heavy atom. The van der Waals surface area contributed by atoms with Gasteiger partial charge in [0.1, 0.15) is 0 Å². The first kappa shape index (κ1) is 13.6. The molecule has 0 unspecified atom stereocenters. The van der Waals surface area contributed by atoms with Crippen LogP contribution in [0.15, 0.2) is 34.9 Å². The van der Waals surface area contributed by atoms with Gasteiger partial charge in [-0.2, -0.15) is 0 Å². The number of carbonyl (C=O) groups is 2. The van der Waals surface area contributed by atoms with E-state index in [2.05, 4.69) is 19.9 Å². The van der Waals surface area contributed by atoms with Crippen molar-refractivity contribution in [1.29, 1.82) is 0 Å². The second-order valence-electron chi connectivity index (χ2n) is 4.92. The number of hydrogen-bond donors (Lipinski definition) is 0. The van der Waals surface area contributed by atoms with Gasteiger partial charge in [0.25, 0.3) is 0 Å². The molecule has 0 aromatic rings. The molecule has 0 heterocycles. The zero-order chi connectivity index (χ0) is 13.0. The molecule has 0 aliphatic heterocycles. The van der Waals surface area contributed by atoms with E-state index in [4.69, 9.17) is 0 Å². The molecule has 1 aliphatic rings. The van der Waals surface area contributed by atoms with Crippen LogP contribution in [-0.4, -0.2) is 11.6 Å². The van der Waals surface area contributed by atoms with Gasteiger partial charge in [-0.1, -0.05) is 18.6 Å². The zero-order valence-electron chi connectivity index (χ0n) is 11.0. The molecule has 0 bridgehead atoms. The Morgan fingerprint density at radius 3 is 2.47 bits per heavy atom. The van der Waals surface area contributed by atoms with Gasteiger partial charge in [-0.25, -0.2) is 0 Å². The van der Waals surface area contributed by atoms with Crippen LogP contribution in [0.4, 0.5) is 0 Å². The van der Waals surface area contributed by atoms with Crippen molar-refractivity contribution in [3.63, 3.8) is 0 Å². The molecule has 1 aliphatic carbocycles. The molecule has 0 amide bonds. The summed E-state index contributed by atoms with van der Waals surface area (Å²) in [4.78, 5) is 23.3. The molecular weight excluding hydrogens is 212 g/mol. The molecule has 2 heteroatoms.